The van der Waals surface area contributed by atoms with Crippen molar-refractivity contribution in [2.75, 3.05) is 6.54 Å². The number of nitrogens with one attached hydrogen (secondary N) is 1. The minimum Gasteiger partial charge on any atom is -0.491 e. The molecule has 0 atom stereocenters. The Balaban J connectivity index is 2.56. The molecule has 0 saturated carbocycles. The van der Waals surface area contributed by atoms with Gasteiger partial charge in [-0.25, -0.2) is 8.78 Å². The number of alkyl halides is 2. The molecule has 0 saturated heterocycles. The van der Waals surface area contributed by atoms with Gasteiger partial charge in [0.05, 0.1) is 12.6 Å². The number of ether oxygens (including phenoxy) is 1. The molecule has 0 aliphatic heterocycles. The Kier molecular flexibility index (Phi) is 5.19. The van der Waals surface area contributed by atoms with Crippen LogP contribution in [0.1, 0.15) is 19.4 Å². The lowest BCUT2D eigenvalue weighted by molar-refractivity contribution is 0.145. The highest BCUT2D eigenvalue weighted by Gasteiger charge is 2.06. The third-order valence-corrected chi connectivity index (χ3v) is 1.95. The first-order chi connectivity index (χ1) is 7.59. The number of halogens is 2. The van der Waals surface area contributed by atoms with Gasteiger partial charge in [0.25, 0.3) is 6.43 Å². The molecule has 0 heterocycles. The maximum Gasteiger partial charge on any atom is 0.250 e. The van der Waals surface area contributed by atoms with E-state index < -0.39 is 6.43 Å². The minimum atomic E-state index is -2.32. The molecule has 0 amide bonds. The van der Waals surface area contributed by atoms with E-state index in [4.69, 9.17) is 4.74 Å². The highest BCUT2D eigenvalue weighted by Crippen LogP contribution is 2.19. The van der Waals surface area contributed by atoms with Crippen molar-refractivity contribution in [1.82, 2.24) is 5.32 Å². The second-order valence-corrected chi connectivity index (χ2v) is 3.80. The molecule has 2 nitrogen and oxygen atoms in total. The van der Waals surface area contributed by atoms with E-state index in [9.17, 15) is 8.78 Å². The van der Waals surface area contributed by atoms with Crippen LogP contribution in [0.4, 0.5) is 8.78 Å². The van der Waals surface area contributed by atoms with Crippen LogP contribution in [0, 0.1) is 0 Å². The first-order valence-corrected chi connectivity index (χ1v) is 5.33. The molecule has 0 fully saturated rings. The van der Waals surface area contributed by atoms with Gasteiger partial charge in [0, 0.05) is 12.1 Å². The zero-order chi connectivity index (χ0) is 12.0. The molecule has 1 aromatic rings. The van der Waals surface area contributed by atoms with Crippen molar-refractivity contribution in [3.05, 3.63) is 29.8 Å². The average molecular weight is 229 g/mol. The van der Waals surface area contributed by atoms with Crippen LogP contribution in [0.15, 0.2) is 24.3 Å². The first-order valence-electron chi connectivity index (χ1n) is 5.33. The van der Waals surface area contributed by atoms with Crippen molar-refractivity contribution >= 4 is 0 Å². The number of benzene rings is 1. The Morgan fingerprint density at radius 2 is 1.94 bits per heavy atom. The fraction of sp³-hybridized carbons (Fsp3) is 0.500. The zero-order valence-corrected chi connectivity index (χ0v) is 9.54. The largest absolute Gasteiger partial charge is 0.491 e. The second kappa shape index (κ2) is 6.43. The topological polar surface area (TPSA) is 21.3 Å². The van der Waals surface area contributed by atoms with Gasteiger partial charge in [0.1, 0.15) is 5.75 Å². The van der Waals surface area contributed by atoms with E-state index >= 15 is 0 Å². The second-order valence-electron chi connectivity index (χ2n) is 3.80. The molecule has 0 spiro atoms. The van der Waals surface area contributed by atoms with Crippen LogP contribution >= 0.6 is 0 Å². The van der Waals surface area contributed by atoms with Gasteiger partial charge in [-0.15, -0.1) is 0 Å². The number of hydrogen-bond acceptors (Lipinski definition) is 2. The zero-order valence-electron chi connectivity index (χ0n) is 9.54. The van der Waals surface area contributed by atoms with E-state index in [-0.39, 0.29) is 12.6 Å². The highest BCUT2D eigenvalue weighted by molar-refractivity contribution is 5.33. The quantitative estimate of drug-likeness (QED) is 0.809. The van der Waals surface area contributed by atoms with Gasteiger partial charge in [-0.2, -0.15) is 0 Å². The SMILES string of the molecule is CC(C)Oc1ccccc1CNCC(F)F. The summed E-state index contributed by atoms with van der Waals surface area (Å²) in [5.74, 6) is 0.749. The van der Waals surface area contributed by atoms with Crippen LogP contribution < -0.4 is 10.1 Å². The third-order valence-electron chi connectivity index (χ3n) is 1.95. The van der Waals surface area contributed by atoms with Gasteiger partial charge in [0.15, 0.2) is 0 Å². The lowest BCUT2D eigenvalue weighted by atomic mass is 10.2. The maximum absolute atomic E-state index is 12.0. The number of para-hydroxylation sites is 1. The van der Waals surface area contributed by atoms with Crippen molar-refractivity contribution in [2.45, 2.75) is 32.9 Å². The van der Waals surface area contributed by atoms with E-state index in [1.54, 1.807) is 0 Å². The van der Waals surface area contributed by atoms with E-state index in [0.29, 0.717) is 6.54 Å². The van der Waals surface area contributed by atoms with Crippen molar-refractivity contribution in [3.63, 3.8) is 0 Å². The van der Waals surface area contributed by atoms with Crippen LogP contribution in [0.2, 0.25) is 0 Å². The Morgan fingerprint density at radius 3 is 2.56 bits per heavy atom. The molecular formula is C12H17F2NO. The van der Waals surface area contributed by atoms with E-state index in [1.807, 2.05) is 38.1 Å². The molecule has 0 radical (unpaired) electrons. The summed E-state index contributed by atoms with van der Waals surface area (Å²) in [6, 6.07) is 7.45. The molecule has 1 N–H and O–H groups in total. The highest BCUT2D eigenvalue weighted by atomic mass is 19.3. The predicted molar refractivity (Wildman–Crippen MR) is 59.9 cm³/mol. The maximum atomic E-state index is 12.0. The Labute approximate surface area is 94.6 Å². The molecule has 0 aliphatic carbocycles. The summed E-state index contributed by atoms with van der Waals surface area (Å²) in [5.41, 5.74) is 0.900. The van der Waals surface area contributed by atoms with Crippen LogP contribution in [0.3, 0.4) is 0 Å². The molecule has 1 aromatic carbocycles. The molecule has 90 valence electrons. The van der Waals surface area contributed by atoms with Gasteiger partial charge < -0.3 is 10.1 Å². The molecular weight excluding hydrogens is 212 g/mol. The predicted octanol–water partition coefficient (Wildman–Crippen LogP) is 2.83. The Morgan fingerprint density at radius 1 is 1.25 bits per heavy atom. The summed E-state index contributed by atoms with van der Waals surface area (Å²) in [6.07, 6.45) is -2.24. The standard InChI is InChI=1S/C12H17F2NO/c1-9(2)16-11-6-4-3-5-10(11)7-15-8-12(13)14/h3-6,9,12,15H,7-8H2,1-2H3. The summed E-state index contributed by atoms with van der Waals surface area (Å²) in [4.78, 5) is 0. The van der Waals surface area contributed by atoms with Crippen LogP contribution in [0.25, 0.3) is 0 Å². The summed E-state index contributed by atoms with van der Waals surface area (Å²) >= 11 is 0. The number of hydrogen-bond donors (Lipinski definition) is 1. The normalized spacial score (nSPS) is 11.1. The number of rotatable bonds is 6. The van der Waals surface area contributed by atoms with E-state index in [1.165, 1.54) is 0 Å². The summed E-state index contributed by atoms with van der Waals surface area (Å²) in [5, 5.41) is 2.68. The van der Waals surface area contributed by atoms with Gasteiger partial charge in [-0.05, 0) is 19.9 Å². The minimum absolute atomic E-state index is 0.0799. The van der Waals surface area contributed by atoms with Crippen molar-refractivity contribution < 1.29 is 13.5 Å². The fourth-order valence-electron chi connectivity index (χ4n) is 1.33. The van der Waals surface area contributed by atoms with E-state index in [2.05, 4.69) is 5.32 Å². The van der Waals surface area contributed by atoms with E-state index in [0.717, 1.165) is 11.3 Å². The lowest BCUT2D eigenvalue weighted by Gasteiger charge is -2.14. The van der Waals surface area contributed by atoms with Crippen LogP contribution in [-0.2, 0) is 6.54 Å². The van der Waals surface area contributed by atoms with Crippen molar-refractivity contribution in [3.8, 4) is 5.75 Å². The van der Waals surface area contributed by atoms with Crippen molar-refractivity contribution in [1.29, 1.82) is 0 Å². The molecule has 0 aromatic heterocycles. The first kappa shape index (κ1) is 12.9. The fourth-order valence-corrected chi connectivity index (χ4v) is 1.33. The van der Waals surface area contributed by atoms with Gasteiger partial charge in [-0.3, -0.25) is 0 Å². The Bertz CT molecular complexity index is 316. The molecule has 1 rings (SSSR count). The molecule has 4 heteroatoms. The monoisotopic (exact) mass is 229 g/mol. The molecule has 16 heavy (non-hydrogen) atoms. The average Bonchev–Trinajstić information content (AvgIpc) is 2.19. The summed E-state index contributed by atoms with van der Waals surface area (Å²) < 4.78 is 29.5. The lowest BCUT2D eigenvalue weighted by Crippen LogP contribution is -2.21. The third kappa shape index (κ3) is 4.57. The van der Waals surface area contributed by atoms with Crippen molar-refractivity contribution in [2.24, 2.45) is 0 Å². The van der Waals surface area contributed by atoms with Crippen LogP contribution in [-0.4, -0.2) is 19.1 Å². The van der Waals surface area contributed by atoms with Gasteiger partial charge in [-0.1, -0.05) is 18.2 Å². The smallest absolute Gasteiger partial charge is 0.250 e. The molecule has 0 unspecified atom stereocenters. The summed E-state index contributed by atoms with van der Waals surface area (Å²) in [7, 11) is 0. The Hall–Kier alpha value is -1.16. The van der Waals surface area contributed by atoms with Gasteiger partial charge in [0.2, 0.25) is 0 Å². The van der Waals surface area contributed by atoms with Crippen LogP contribution in [0.5, 0.6) is 5.75 Å². The molecule has 0 aliphatic rings. The molecule has 0 bridgehead atoms. The van der Waals surface area contributed by atoms with Gasteiger partial charge >= 0.3 is 0 Å². The summed E-state index contributed by atoms with van der Waals surface area (Å²) in [6.45, 7) is 3.97.